The van der Waals surface area contributed by atoms with E-state index in [1.807, 2.05) is 81.4 Å². The molecule has 0 fully saturated rings. The van der Waals surface area contributed by atoms with E-state index in [-0.39, 0.29) is 30.8 Å². The molecule has 1 heterocycles. The largest absolute Gasteiger partial charge is 0.493 e. The van der Waals surface area contributed by atoms with Gasteiger partial charge in [-0.2, -0.15) is 0 Å². The van der Waals surface area contributed by atoms with Crippen LogP contribution in [0.25, 0.3) is 0 Å². The zero-order valence-electron chi connectivity index (χ0n) is 22.5. The van der Waals surface area contributed by atoms with Crippen molar-refractivity contribution in [3.8, 4) is 11.5 Å². The maximum atomic E-state index is 13.6. The Morgan fingerprint density at radius 3 is 2.27 bits per heavy atom. The van der Waals surface area contributed by atoms with Crippen LogP contribution < -0.4 is 9.47 Å². The molecule has 7 heteroatoms. The van der Waals surface area contributed by atoms with Crippen LogP contribution in [0.2, 0.25) is 0 Å². The monoisotopic (exact) mass is 506 g/mol. The average Bonchev–Trinajstić information content (AvgIpc) is 3.33. The summed E-state index contributed by atoms with van der Waals surface area (Å²) in [5.41, 5.74) is 1.95. The summed E-state index contributed by atoms with van der Waals surface area (Å²) in [5.74, 6) is 2.64. The van der Waals surface area contributed by atoms with E-state index in [4.69, 9.17) is 13.9 Å². The molecule has 0 bridgehead atoms. The van der Waals surface area contributed by atoms with E-state index in [2.05, 4.69) is 0 Å². The number of carbonyl (C=O) groups excluding carboxylic acids is 2. The summed E-state index contributed by atoms with van der Waals surface area (Å²) in [6.45, 7) is 6.72. The van der Waals surface area contributed by atoms with E-state index in [0.29, 0.717) is 36.8 Å². The Labute approximate surface area is 220 Å². The van der Waals surface area contributed by atoms with Crippen LogP contribution in [0.4, 0.5) is 0 Å². The minimum atomic E-state index is -0.115. The van der Waals surface area contributed by atoms with Gasteiger partial charge in [0.25, 0.3) is 0 Å². The van der Waals surface area contributed by atoms with Crippen molar-refractivity contribution in [2.75, 3.05) is 27.3 Å². The van der Waals surface area contributed by atoms with Crippen molar-refractivity contribution in [2.45, 2.75) is 52.6 Å². The van der Waals surface area contributed by atoms with Gasteiger partial charge >= 0.3 is 0 Å². The van der Waals surface area contributed by atoms with Crippen LogP contribution in [0, 0.1) is 6.92 Å². The number of carbonyl (C=O) groups is 2. The molecule has 2 amide bonds. The number of furan rings is 1. The van der Waals surface area contributed by atoms with Gasteiger partial charge < -0.3 is 23.7 Å². The number of rotatable bonds is 13. The van der Waals surface area contributed by atoms with Gasteiger partial charge in [-0.3, -0.25) is 9.59 Å². The molecule has 3 rings (SSSR count). The van der Waals surface area contributed by atoms with Gasteiger partial charge in [-0.25, -0.2) is 0 Å². The second kappa shape index (κ2) is 13.5. The quantitative estimate of drug-likeness (QED) is 0.325. The number of benzene rings is 2. The Morgan fingerprint density at radius 2 is 1.65 bits per heavy atom. The molecular formula is C30H38N2O5. The van der Waals surface area contributed by atoms with E-state index < -0.39 is 0 Å². The van der Waals surface area contributed by atoms with Gasteiger partial charge in [0.1, 0.15) is 18.1 Å². The normalized spacial score (nSPS) is 11.6. The maximum absolute atomic E-state index is 13.6. The summed E-state index contributed by atoms with van der Waals surface area (Å²) in [6, 6.07) is 19.1. The van der Waals surface area contributed by atoms with Crippen molar-refractivity contribution in [1.29, 1.82) is 0 Å². The highest BCUT2D eigenvalue weighted by molar-refractivity contribution is 5.86. The molecule has 0 aliphatic rings. The van der Waals surface area contributed by atoms with E-state index in [9.17, 15) is 9.59 Å². The van der Waals surface area contributed by atoms with Gasteiger partial charge in [-0.1, -0.05) is 43.3 Å². The minimum Gasteiger partial charge on any atom is -0.493 e. The third-order valence-electron chi connectivity index (χ3n) is 6.56. The Bertz CT molecular complexity index is 1160. The number of hydrogen-bond acceptors (Lipinski definition) is 5. The van der Waals surface area contributed by atoms with Gasteiger partial charge in [-0.05, 0) is 62.1 Å². The van der Waals surface area contributed by atoms with Crippen molar-refractivity contribution in [2.24, 2.45) is 0 Å². The Kier molecular flexibility index (Phi) is 10.2. The van der Waals surface area contributed by atoms with Crippen molar-refractivity contribution in [3.63, 3.8) is 0 Å². The first-order chi connectivity index (χ1) is 17.8. The number of hydrogen-bond donors (Lipinski definition) is 0. The van der Waals surface area contributed by atoms with E-state index >= 15 is 0 Å². The van der Waals surface area contributed by atoms with Crippen LogP contribution in [0.1, 0.15) is 42.9 Å². The molecule has 0 saturated carbocycles. The third kappa shape index (κ3) is 7.87. The molecule has 1 atom stereocenters. The standard InChI is InChI=1S/C30H38N2O5/c1-6-22(2)32(29(33)19-24-10-8-7-9-11-24)21-30(34)31(20-26-14-12-23(3)37-26)17-16-25-13-15-27(35-4)28(18-25)36-5/h7-15,18,22H,6,16-17,19-21H2,1-5H3/t22-/m0/s1. The summed E-state index contributed by atoms with van der Waals surface area (Å²) in [7, 11) is 3.21. The highest BCUT2D eigenvalue weighted by atomic mass is 16.5. The van der Waals surface area contributed by atoms with Gasteiger partial charge in [0, 0.05) is 12.6 Å². The van der Waals surface area contributed by atoms with Crippen molar-refractivity contribution in [3.05, 3.63) is 83.3 Å². The average molecular weight is 507 g/mol. The molecule has 198 valence electrons. The van der Waals surface area contributed by atoms with E-state index in [0.717, 1.165) is 23.3 Å². The van der Waals surface area contributed by atoms with Crippen LogP contribution in [0.15, 0.2) is 65.1 Å². The minimum absolute atomic E-state index is 0.0201. The number of aryl methyl sites for hydroxylation is 1. The summed E-state index contributed by atoms with van der Waals surface area (Å²) in [4.78, 5) is 30.4. The molecular weight excluding hydrogens is 468 g/mol. The molecule has 3 aromatic rings. The van der Waals surface area contributed by atoms with Crippen molar-refractivity contribution < 1.29 is 23.5 Å². The molecule has 0 radical (unpaired) electrons. The van der Waals surface area contributed by atoms with Crippen LogP contribution in [0.3, 0.4) is 0 Å². The van der Waals surface area contributed by atoms with Crippen LogP contribution in [-0.2, 0) is 29.0 Å². The summed E-state index contributed by atoms with van der Waals surface area (Å²) < 4.78 is 16.5. The molecule has 0 aliphatic heterocycles. The number of methoxy groups -OCH3 is 2. The molecule has 37 heavy (non-hydrogen) atoms. The zero-order valence-corrected chi connectivity index (χ0v) is 22.5. The second-order valence-corrected chi connectivity index (χ2v) is 9.21. The van der Waals surface area contributed by atoms with Crippen molar-refractivity contribution in [1.82, 2.24) is 9.80 Å². The fraction of sp³-hybridized carbons (Fsp3) is 0.400. The SMILES string of the molecule is CC[C@H](C)N(CC(=O)N(CCc1ccc(OC)c(OC)c1)Cc1ccc(C)o1)C(=O)Cc1ccccc1. The molecule has 7 nitrogen and oxygen atoms in total. The van der Waals surface area contributed by atoms with Gasteiger partial charge in [0.05, 0.1) is 27.2 Å². The molecule has 1 aromatic heterocycles. The topological polar surface area (TPSA) is 72.2 Å². The molecule has 2 aromatic carbocycles. The van der Waals surface area contributed by atoms with Crippen LogP contribution >= 0.6 is 0 Å². The van der Waals surface area contributed by atoms with Gasteiger partial charge in [-0.15, -0.1) is 0 Å². The molecule has 0 saturated heterocycles. The number of nitrogens with zero attached hydrogens (tertiary/aromatic N) is 2. The number of amides is 2. The van der Waals surface area contributed by atoms with Crippen LogP contribution in [0.5, 0.6) is 11.5 Å². The predicted octanol–water partition coefficient (Wildman–Crippen LogP) is 5.05. The lowest BCUT2D eigenvalue weighted by Crippen LogP contribution is -2.47. The molecule has 0 aliphatic carbocycles. The smallest absolute Gasteiger partial charge is 0.242 e. The first-order valence-electron chi connectivity index (χ1n) is 12.7. The Balaban J connectivity index is 1.77. The Hall–Kier alpha value is -3.74. The predicted molar refractivity (Wildman–Crippen MR) is 144 cm³/mol. The summed E-state index contributed by atoms with van der Waals surface area (Å²) >= 11 is 0. The lowest BCUT2D eigenvalue weighted by molar-refractivity contribution is -0.142. The third-order valence-corrected chi connectivity index (χ3v) is 6.56. The zero-order chi connectivity index (χ0) is 26.8. The van der Waals surface area contributed by atoms with Crippen LogP contribution in [-0.4, -0.2) is 55.0 Å². The molecule has 0 unspecified atom stereocenters. The van der Waals surface area contributed by atoms with Gasteiger partial charge in [0.2, 0.25) is 11.8 Å². The first-order valence-corrected chi connectivity index (χ1v) is 12.7. The highest BCUT2D eigenvalue weighted by Gasteiger charge is 2.25. The van der Waals surface area contributed by atoms with E-state index in [1.165, 1.54) is 0 Å². The molecule has 0 spiro atoms. The number of ether oxygens (including phenoxy) is 2. The molecule has 0 N–H and O–H groups in total. The lowest BCUT2D eigenvalue weighted by atomic mass is 10.1. The van der Waals surface area contributed by atoms with Gasteiger partial charge in [0.15, 0.2) is 11.5 Å². The summed E-state index contributed by atoms with van der Waals surface area (Å²) in [6.07, 6.45) is 1.64. The first kappa shape index (κ1) is 27.8. The maximum Gasteiger partial charge on any atom is 0.242 e. The Morgan fingerprint density at radius 1 is 0.919 bits per heavy atom. The van der Waals surface area contributed by atoms with Crippen molar-refractivity contribution >= 4 is 11.8 Å². The summed E-state index contributed by atoms with van der Waals surface area (Å²) in [5, 5.41) is 0. The van der Waals surface area contributed by atoms with E-state index in [1.54, 1.807) is 24.0 Å². The second-order valence-electron chi connectivity index (χ2n) is 9.21. The lowest BCUT2D eigenvalue weighted by Gasteiger charge is -2.31. The highest BCUT2D eigenvalue weighted by Crippen LogP contribution is 2.28. The fourth-order valence-corrected chi connectivity index (χ4v) is 4.18. The fourth-order valence-electron chi connectivity index (χ4n) is 4.18.